The lowest BCUT2D eigenvalue weighted by Gasteiger charge is -2.41. The third-order valence-corrected chi connectivity index (χ3v) is 3.29. The maximum atomic E-state index is 5.99. The molecule has 0 heterocycles. The molecule has 1 aromatic carbocycles. The Morgan fingerprint density at radius 3 is 2.44 bits per heavy atom. The molecule has 18 heavy (non-hydrogen) atoms. The molecule has 100 valence electrons. The molecule has 1 fully saturated rings. The first-order valence-electron chi connectivity index (χ1n) is 6.72. The van der Waals surface area contributed by atoms with Crippen LogP contribution in [0.1, 0.15) is 30.9 Å². The van der Waals surface area contributed by atoms with Gasteiger partial charge in [-0.25, -0.2) is 0 Å². The molecule has 2 rings (SSSR count). The zero-order valence-corrected chi connectivity index (χ0v) is 11.5. The Balaban J connectivity index is 1.96. The Morgan fingerprint density at radius 2 is 1.89 bits per heavy atom. The molecule has 0 aromatic heterocycles. The van der Waals surface area contributed by atoms with Gasteiger partial charge in [-0.05, 0) is 43.5 Å². The number of rotatable bonds is 5. The first-order valence-corrected chi connectivity index (χ1v) is 6.72. The van der Waals surface area contributed by atoms with Crippen LogP contribution in [0.5, 0.6) is 5.75 Å². The summed E-state index contributed by atoms with van der Waals surface area (Å²) in [6, 6.07) is 6.39. The lowest BCUT2D eigenvalue weighted by molar-refractivity contribution is -0.0980. The van der Waals surface area contributed by atoms with E-state index in [1.807, 2.05) is 0 Å². The molecule has 1 aliphatic rings. The summed E-state index contributed by atoms with van der Waals surface area (Å²) in [6.07, 6.45) is 2.04. The van der Waals surface area contributed by atoms with Gasteiger partial charge in [0.05, 0.1) is 0 Å². The zero-order chi connectivity index (χ0) is 13.1. The van der Waals surface area contributed by atoms with Crippen LogP contribution in [-0.4, -0.2) is 24.9 Å². The average molecular weight is 249 g/mol. The smallest absolute Gasteiger partial charge is 0.128 e. The minimum absolute atomic E-state index is 0.0470. The van der Waals surface area contributed by atoms with Gasteiger partial charge in [0.15, 0.2) is 0 Å². The van der Waals surface area contributed by atoms with Gasteiger partial charge in [0, 0.05) is 19.1 Å². The molecule has 0 spiro atoms. The summed E-state index contributed by atoms with van der Waals surface area (Å²) < 4.78 is 11.7. The van der Waals surface area contributed by atoms with Crippen molar-refractivity contribution in [3.8, 4) is 5.75 Å². The maximum Gasteiger partial charge on any atom is 0.128 e. The van der Waals surface area contributed by atoms with Crippen molar-refractivity contribution in [3.63, 3.8) is 0 Å². The van der Waals surface area contributed by atoms with E-state index in [0.717, 1.165) is 25.2 Å². The third kappa shape index (κ3) is 3.03. The molecule has 0 amide bonds. The Labute approximate surface area is 109 Å². The highest BCUT2D eigenvalue weighted by Gasteiger charge is 2.41. The molecule has 0 aliphatic heterocycles. The standard InChI is InChI=1S/C15H23NO2/c1-4-5-17-15-13(16)9-14(15)18-12-7-10(2)6-11(3)8-12/h6-8,13-15H,4-5,9,16H2,1-3H3. The molecule has 0 radical (unpaired) electrons. The highest BCUT2D eigenvalue weighted by molar-refractivity contribution is 5.33. The number of aryl methyl sites for hydroxylation is 2. The molecule has 1 aliphatic carbocycles. The number of nitrogens with two attached hydrogens (primary N) is 1. The monoisotopic (exact) mass is 249 g/mol. The van der Waals surface area contributed by atoms with Gasteiger partial charge in [-0.3, -0.25) is 0 Å². The predicted octanol–water partition coefficient (Wildman–Crippen LogP) is 2.58. The van der Waals surface area contributed by atoms with E-state index in [1.165, 1.54) is 11.1 Å². The van der Waals surface area contributed by atoms with Crippen molar-refractivity contribution in [2.75, 3.05) is 6.61 Å². The normalized spacial score (nSPS) is 26.8. The van der Waals surface area contributed by atoms with Crippen molar-refractivity contribution in [1.29, 1.82) is 0 Å². The second kappa shape index (κ2) is 5.72. The van der Waals surface area contributed by atoms with Crippen LogP contribution < -0.4 is 10.5 Å². The third-order valence-electron chi connectivity index (χ3n) is 3.29. The lowest BCUT2D eigenvalue weighted by Crippen LogP contribution is -2.59. The van der Waals surface area contributed by atoms with E-state index in [4.69, 9.17) is 15.2 Å². The van der Waals surface area contributed by atoms with Gasteiger partial charge in [-0.15, -0.1) is 0 Å². The van der Waals surface area contributed by atoms with Gasteiger partial charge < -0.3 is 15.2 Å². The molecule has 1 aromatic rings. The Kier molecular flexibility index (Phi) is 4.25. The minimum atomic E-state index is 0.0470. The van der Waals surface area contributed by atoms with Crippen LogP contribution in [0.15, 0.2) is 18.2 Å². The second-order valence-corrected chi connectivity index (χ2v) is 5.21. The Bertz CT molecular complexity index is 385. The van der Waals surface area contributed by atoms with E-state index >= 15 is 0 Å². The van der Waals surface area contributed by atoms with E-state index in [2.05, 4.69) is 39.0 Å². The fraction of sp³-hybridized carbons (Fsp3) is 0.600. The summed E-state index contributed by atoms with van der Waals surface area (Å²) >= 11 is 0. The van der Waals surface area contributed by atoms with E-state index in [-0.39, 0.29) is 18.2 Å². The van der Waals surface area contributed by atoms with Crippen molar-refractivity contribution in [2.24, 2.45) is 5.73 Å². The summed E-state index contributed by atoms with van der Waals surface area (Å²) in [5.41, 5.74) is 8.41. The topological polar surface area (TPSA) is 44.5 Å². The van der Waals surface area contributed by atoms with Crippen molar-refractivity contribution in [3.05, 3.63) is 29.3 Å². The summed E-state index contributed by atoms with van der Waals surface area (Å²) in [5.74, 6) is 0.925. The molecule has 0 saturated heterocycles. The van der Waals surface area contributed by atoms with Crippen LogP contribution >= 0.6 is 0 Å². The quantitative estimate of drug-likeness (QED) is 0.872. The van der Waals surface area contributed by atoms with E-state index in [9.17, 15) is 0 Å². The first kappa shape index (κ1) is 13.4. The van der Waals surface area contributed by atoms with Crippen LogP contribution in [0.4, 0.5) is 0 Å². The van der Waals surface area contributed by atoms with Gasteiger partial charge in [0.25, 0.3) is 0 Å². The van der Waals surface area contributed by atoms with E-state index in [0.29, 0.717) is 0 Å². The molecular weight excluding hydrogens is 226 g/mol. The van der Waals surface area contributed by atoms with Crippen molar-refractivity contribution in [1.82, 2.24) is 0 Å². The van der Waals surface area contributed by atoms with E-state index < -0.39 is 0 Å². The predicted molar refractivity (Wildman–Crippen MR) is 73.0 cm³/mol. The van der Waals surface area contributed by atoms with Gasteiger partial charge in [-0.1, -0.05) is 13.0 Å². The van der Waals surface area contributed by atoms with Gasteiger partial charge >= 0.3 is 0 Å². The number of hydrogen-bond acceptors (Lipinski definition) is 3. The summed E-state index contributed by atoms with van der Waals surface area (Å²) in [4.78, 5) is 0. The average Bonchev–Trinajstić information content (AvgIpc) is 2.27. The highest BCUT2D eigenvalue weighted by atomic mass is 16.5. The Hall–Kier alpha value is -1.06. The van der Waals surface area contributed by atoms with Crippen LogP contribution in [-0.2, 0) is 4.74 Å². The van der Waals surface area contributed by atoms with Crippen LogP contribution in [0.25, 0.3) is 0 Å². The number of ether oxygens (including phenoxy) is 2. The molecule has 3 atom stereocenters. The van der Waals surface area contributed by atoms with Crippen LogP contribution in [0, 0.1) is 13.8 Å². The van der Waals surface area contributed by atoms with Crippen LogP contribution in [0.2, 0.25) is 0 Å². The van der Waals surface area contributed by atoms with Gasteiger partial charge in [0.2, 0.25) is 0 Å². The summed E-state index contributed by atoms with van der Waals surface area (Å²) in [5, 5.41) is 0. The first-order chi connectivity index (χ1) is 8.60. The summed E-state index contributed by atoms with van der Waals surface area (Å²) in [7, 11) is 0. The molecule has 3 unspecified atom stereocenters. The molecule has 2 N–H and O–H groups in total. The fourth-order valence-electron chi connectivity index (χ4n) is 2.39. The summed E-state index contributed by atoms with van der Waals surface area (Å²) in [6.45, 7) is 7.02. The SMILES string of the molecule is CCCOC1C(N)CC1Oc1cc(C)cc(C)c1. The van der Waals surface area contributed by atoms with Gasteiger partial charge in [0.1, 0.15) is 18.0 Å². The van der Waals surface area contributed by atoms with Crippen LogP contribution in [0.3, 0.4) is 0 Å². The van der Waals surface area contributed by atoms with Gasteiger partial charge in [-0.2, -0.15) is 0 Å². The number of benzene rings is 1. The van der Waals surface area contributed by atoms with Crippen molar-refractivity contribution >= 4 is 0 Å². The number of hydrogen-bond donors (Lipinski definition) is 1. The van der Waals surface area contributed by atoms with Crippen molar-refractivity contribution in [2.45, 2.75) is 51.9 Å². The lowest BCUT2D eigenvalue weighted by atomic mass is 9.86. The maximum absolute atomic E-state index is 5.99. The second-order valence-electron chi connectivity index (χ2n) is 5.21. The minimum Gasteiger partial charge on any atom is -0.488 e. The molecule has 3 heteroatoms. The highest BCUT2D eigenvalue weighted by Crippen LogP contribution is 2.28. The largest absolute Gasteiger partial charge is 0.488 e. The van der Waals surface area contributed by atoms with E-state index in [1.54, 1.807) is 0 Å². The molecular formula is C15H23NO2. The van der Waals surface area contributed by atoms with Crippen molar-refractivity contribution < 1.29 is 9.47 Å². The molecule has 1 saturated carbocycles. The molecule has 0 bridgehead atoms. The molecule has 3 nitrogen and oxygen atoms in total. The fourth-order valence-corrected chi connectivity index (χ4v) is 2.39. The zero-order valence-electron chi connectivity index (χ0n) is 11.5. The Morgan fingerprint density at radius 1 is 1.22 bits per heavy atom.